The number of nitrogens with zero attached hydrogens (tertiary/aromatic N) is 1. The number of likely N-dealkylation sites (tertiary alicyclic amines) is 1. The molecule has 0 spiro atoms. The third-order valence-electron chi connectivity index (χ3n) is 4.24. The van der Waals surface area contributed by atoms with Crippen molar-refractivity contribution in [2.75, 3.05) is 26.2 Å². The summed E-state index contributed by atoms with van der Waals surface area (Å²) in [6.07, 6.45) is 4.44. The molecular weight excluding hydrogens is 308 g/mol. The van der Waals surface area contributed by atoms with Crippen molar-refractivity contribution >= 4 is 17.7 Å². The van der Waals surface area contributed by atoms with Gasteiger partial charge in [0.05, 0.1) is 6.54 Å². The minimum Gasteiger partial charge on any atom is -0.354 e. The normalized spacial score (nSPS) is 17.7. The molecule has 0 radical (unpaired) electrons. The molecule has 1 aliphatic heterocycles. The van der Waals surface area contributed by atoms with Crippen LogP contribution in [0.15, 0.2) is 0 Å². The molecular formula is C17H32N4O3. The highest BCUT2D eigenvalue weighted by atomic mass is 16.2. The monoisotopic (exact) mass is 340 g/mol. The first-order valence-corrected chi connectivity index (χ1v) is 8.97. The predicted molar refractivity (Wildman–Crippen MR) is 93.1 cm³/mol. The van der Waals surface area contributed by atoms with Gasteiger partial charge in [0, 0.05) is 38.5 Å². The van der Waals surface area contributed by atoms with Gasteiger partial charge in [-0.3, -0.25) is 14.4 Å². The van der Waals surface area contributed by atoms with Gasteiger partial charge in [-0.1, -0.05) is 13.8 Å². The van der Waals surface area contributed by atoms with Crippen molar-refractivity contribution in [2.24, 2.45) is 11.7 Å². The second kappa shape index (κ2) is 11.0. The summed E-state index contributed by atoms with van der Waals surface area (Å²) in [6.45, 7) is 5.61. The first-order valence-electron chi connectivity index (χ1n) is 8.97. The van der Waals surface area contributed by atoms with E-state index in [1.165, 1.54) is 0 Å². The first-order chi connectivity index (χ1) is 11.4. The second-order valence-electron chi connectivity index (χ2n) is 6.79. The van der Waals surface area contributed by atoms with Crippen LogP contribution in [0.3, 0.4) is 0 Å². The molecule has 0 saturated carbocycles. The molecule has 0 aromatic heterocycles. The number of nitrogens with two attached hydrogens (primary N) is 1. The van der Waals surface area contributed by atoms with E-state index in [-0.39, 0.29) is 30.3 Å². The zero-order chi connectivity index (χ0) is 17.9. The van der Waals surface area contributed by atoms with E-state index >= 15 is 0 Å². The molecule has 0 aromatic carbocycles. The van der Waals surface area contributed by atoms with Crippen LogP contribution >= 0.6 is 0 Å². The van der Waals surface area contributed by atoms with Gasteiger partial charge in [-0.05, 0) is 31.6 Å². The highest BCUT2D eigenvalue weighted by molar-refractivity contribution is 5.85. The molecule has 24 heavy (non-hydrogen) atoms. The van der Waals surface area contributed by atoms with Gasteiger partial charge in [0.25, 0.3) is 0 Å². The molecule has 1 atom stereocenters. The molecule has 138 valence electrons. The molecule has 1 aliphatic rings. The van der Waals surface area contributed by atoms with Crippen LogP contribution in [0.1, 0.15) is 52.4 Å². The van der Waals surface area contributed by atoms with Gasteiger partial charge in [0.15, 0.2) is 0 Å². The Morgan fingerprint density at radius 2 is 1.83 bits per heavy atom. The molecule has 7 heteroatoms. The van der Waals surface area contributed by atoms with Crippen molar-refractivity contribution in [3.8, 4) is 0 Å². The Morgan fingerprint density at radius 1 is 1.12 bits per heavy atom. The Bertz CT molecular complexity index is 426. The van der Waals surface area contributed by atoms with Crippen molar-refractivity contribution < 1.29 is 14.4 Å². The summed E-state index contributed by atoms with van der Waals surface area (Å²) in [4.78, 5) is 37.5. The summed E-state index contributed by atoms with van der Waals surface area (Å²) in [5.41, 5.74) is 5.36. The van der Waals surface area contributed by atoms with Crippen LogP contribution in [0.25, 0.3) is 0 Å². The number of hydrogen-bond donors (Lipinski definition) is 3. The molecule has 1 heterocycles. The topological polar surface area (TPSA) is 105 Å². The minimum absolute atomic E-state index is 0.000501. The molecule has 3 amide bonds. The molecule has 0 aromatic rings. The molecule has 1 fully saturated rings. The lowest BCUT2D eigenvalue weighted by molar-refractivity contribution is -0.136. The van der Waals surface area contributed by atoms with Gasteiger partial charge >= 0.3 is 0 Å². The van der Waals surface area contributed by atoms with Crippen molar-refractivity contribution in [1.29, 1.82) is 0 Å². The van der Waals surface area contributed by atoms with E-state index in [0.29, 0.717) is 38.4 Å². The molecule has 1 rings (SSSR count). The lowest BCUT2D eigenvalue weighted by Gasteiger charge is -2.36. The Balaban J connectivity index is 2.41. The Hall–Kier alpha value is -1.63. The summed E-state index contributed by atoms with van der Waals surface area (Å²) in [5.74, 6) is 0.222. The van der Waals surface area contributed by atoms with Gasteiger partial charge in [0.2, 0.25) is 17.7 Å². The van der Waals surface area contributed by atoms with Crippen LogP contribution in [0.2, 0.25) is 0 Å². The van der Waals surface area contributed by atoms with Crippen LogP contribution in [-0.4, -0.2) is 54.8 Å². The molecule has 1 unspecified atom stereocenters. The highest BCUT2D eigenvalue weighted by Gasteiger charge is 2.26. The van der Waals surface area contributed by atoms with Crippen LogP contribution in [0.4, 0.5) is 0 Å². The molecule has 1 saturated heterocycles. The van der Waals surface area contributed by atoms with E-state index in [1.54, 1.807) is 4.90 Å². The van der Waals surface area contributed by atoms with Crippen molar-refractivity contribution in [3.05, 3.63) is 0 Å². The molecule has 0 bridgehead atoms. The van der Waals surface area contributed by atoms with Gasteiger partial charge in [0.1, 0.15) is 0 Å². The number of carbonyl (C=O) groups is 3. The third-order valence-corrected chi connectivity index (χ3v) is 4.24. The minimum atomic E-state index is -0.0857. The van der Waals surface area contributed by atoms with Crippen LogP contribution < -0.4 is 16.4 Å². The van der Waals surface area contributed by atoms with Crippen LogP contribution in [0.5, 0.6) is 0 Å². The van der Waals surface area contributed by atoms with E-state index in [2.05, 4.69) is 24.5 Å². The van der Waals surface area contributed by atoms with Crippen molar-refractivity contribution in [2.45, 2.75) is 58.4 Å². The van der Waals surface area contributed by atoms with E-state index in [9.17, 15) is 14.4 Å². The quantitative estimate of drug-likeness (QED) is 0.564. The number of piperidine rings is 1. The number of carbonyl (C=O) groups excluding carboxylic acids is 3. The highest BCUT2D eigenvalue weighted by Crippen LogP contribution is 2.16. The summed E-state index contributed by atoms with van der Waals surface area (Å²) in [5, 5.41) is 5.54. The third kappa shape index (κ3) is 7.77. The Labute approximate surface area is 144 Å². The fourth-order valence-corrected chi connectivity index (χ4v) is 2.78. The van der Waals surface area contributed by atoms with E-state index in [4.69, 9.17) is 5.73 Å². The van der Waals surface area contributed by atoms with Crippen molar-refractivity contribution in [1.82, 2.24) is 15.5 Å². The summed E-state index contributed by atoms with van der Waals surface area (Å²) < 4.78 is 0. The number of rotatable bonds is 9. The smallest absolute Gasteiger partial charge is 0.242 e. The van der Waals surface area contributed by atoms with Crippen LogP contribution in [-0.2, 0) is 14.4 Å². The average Bonchev–Trinajstić information content (AvgIpc) is 2.56. The van der Waals surface area contributed by atoms with Crippen LogP contribution in [0, 0.1) is 5.92 Å². The molecule has 0 aliphatic carbocycles. The maximum Gasteiger partial charge on any atom is 0.242 e. The number of nitrogens with one attached hydrogen (secondary N) is 2. The fourth-order valence-electron chi connectivity index (χ4n) is 2.78. The number of hydrogen-bond acceptors (Lipinski definition) is 4. The largest absolute Gasteiger partial charge is 0.354 e. The molecule has 4 N–H and O–H groups in total. The second-order valence-corrected chi connectivity index (χ2v) is 6.79. The SMILES string of the molecule is CC(C)CCC(=O)NCC(=O)N1CCCCC1CNC(=O)CCN. The van der Waals surface area contributed by atoms with Gasteiger partial charge in [-0.15, -0.1) is 0 Å². The Kier molecular flexibility index (Phi) is 9.37. The lowest BCUT2D eigenvalue weighted by Crippen LogP contribution is -2.52. The number of amides is 3. The summed E-state index contributed by atoms with van der Waals surface area (Å²) >= 11 is 0. The van der Waals surface area contributed by atoms with Gasteiger partial charge in [-0.2, -0.15) is 0 Å². The maximum absolute atomic E-state index is 12.4. The standard InChI is InChI=1S/C17H32N4O3/c1-13(2)6-7-15(22)20-12-17(24)21-10-4-3-5-14(21)11-19-16(23)8-9-18/h13-14H,3-12,18H2,1-2H3,(H,19,23)(H,20,22). The zero-order valence-electron chi connectivity index (χ0n) is 15.0. The first kappa shape index (κ1) is 20.4. The molecule has 7 nitrogen and oxygen atoms in total. The van der Waals surface area contributed by atoms with E-state index in [1.807, 2.05) is 0 Å². The maximum atomic E-state index is 12.4. The average molecular weight is 340 g/mol. The Morgan fingerprint density at radius 3 is 2.50 bits per heavy atom. The predicted octanol–water partition coefficient (Wildman–Crippen LogP) is 0.385. The van der Waals surface area contributed by atoms with Crippen molar-refractivity contribution in [3.63, 3.8) is 0 Å². The van der Waals surface area contributed by atoms with Gasteiger partial charge in [-0.25, -0.2) is 0 Å². The summed E-state index contributed by atoms with van der Waals surface area (Å²) in [7, 11) is 0. The van der Waals surface area contributed by atoms with E-state index in [0.717, 1.165) is 25.7 Å². The lowest BCUT2D eigenvalue weighted by atomic mass is 10.0. The fraction of sp³-hybridized carbons (Fsp3) is 0.824. The van der Waals surface area contributed by atoms with Gasteiger partial charge < -0.3 is 21.3 Å². The summed E-state index contributed by atoms with van der Waals surface area (Å²) in [6, 6.07) is 0.000501. The zero-order valence-corrected chi connectivity index (χ0v) is 15.0. The van der Waals surface area contributed by atoms with E-state index < -0.39 is 0 Å².